The molecule has 0 spiro atoms. The van der Waals surface area contributed by atoms with Crippen molar-refractivity contribution in [3.05, 3.63) is 176 Å². The summed E-state index contributed by atoms with van der Waals surface area (Å²) in [6.45, 7) is 0. The first-order chi connectivity index (χ1) is 24.3. The fraction of sp³-hybridized carbons (Fsp3) is 0. The van der Waals surface area contributed by atoms with Crippen molar-refractivity contribution < 1.29 is 0 Å². The van der Waals surface area contributed by atoms with Crippen molar-refractivity contribution in [1.29, 1.82) is 0 Å². The van der Waals surface area contributed by atoms with Crippen LogP contribution in [0.5, 0.6) is 0 Å². The molecular weight excluding hydrogens is 599 g/mol. The Kier molecular flexibility index (Phi) is 7.06. The second-order valence-electron chi connectivity index (χ2n) is 12.0. The Labute approximate surface area is 283 Å². The van der Waals surface area contributed by atoms with Crippen molar-refractivity contribution in [3.63, 3.8) is 0 Å². The van der Waals surface area contributed by atoms with E-state index >= 15 is 0 Å². The van der Waals surface area contributed by atoms with Gasteiger partial charge in [0, 0.05) is 27.9 Å². The van der Waals surface area contributed by atoms with E-state index in [0.717, 1.165) is 66.7 Å². The Balaban J connectivity index is 1.22. The minimum absolute atomic E-state index is 0.628. The molecule has 0 amide bonds. The van der Waals surface area contributed by atoms with E-state index in [2.05, 4.69) is 108 Å². The van der Waals surface area contributed by atoms with E-state index in [9.17, 15) is 0 Å². The Hall–Kier alpha value is -6.72. The van der Waals surface area contributed by atoms with Crippen molar-refractivity contribution in [1.82, 2.24) is 24.5 Å². The molecule has 0 bridgehead atoms. The van der Waals surface area contributed by atoms with Crippen LogP contribution in [0.15, 0.2) is 176 Å². The van der Waals surface area contributed by atoms with Crippen LogP contribution in [0.2, 0.25) is 0 Å². The number of para-hydroxylation sites is 3. The number of hydrogen-bond acceptors (Lipinski definition) is 4. The molecule has 2 heterocycles. The van der Waals surface area contributed by atoms with Crippen molar-refractivity contribution in [2.24, 2.45) is 0 Å². The van der Waals surface area contributed by atoms with E-state index in [1.807, 2.05) is 72.8 Å². The molecule has 9 aromatic rings. The molecule has 0 aliphatic carbocycles. The second-order valence-corrected chi connectivity index (χ2v) is 12.0. The third-order valence-corrected chi connectivity index (χ3v) is 8.86. The van der Waals surface area contributed by atoms with Crippen LogP contribution in [0.1, 0.15) is 0 Å². The number of fused-ring (bicyclic) bond motifs is 2. The third-order valence-electron chi connectivity index (χ3n) is 8.86. The molecule has 49 heavy (non-hydrogen) atoms. The Morgan fingerprint density at radius 1 is 0.347 bits per heavy atom. The van der Waals surface area contributed by atoms with Crippen LogP contribution >= 0.6 is 0 Å². The molecule has 230 valence electrons. The number of rotatable bonds is 6. The molecule has 2 aromatic heterocycles. The molecule has 0 saturated heterocycles. The van der Waals surface area contributed by atoms with Gasteiger partial charge in [-0.1, -0.05) is 140 Å². The number of aromatic nitrogens is 5. The summed E-state index contributed by atoms with van der Waals surface area (Å²) in [5.74, 6) is 2.80. The summed E-state index contributed by atoms with van der Waals surface area (Å²) >= 11 is 0. The molecule has 9 rings (SSSR count). The highest BCUT2D eigenvalue weighted by Crippen LogP contribution is 2.37. The predicted molar refractivity (Wildman–Crippen MR) is 199 cm³/mol. The average molecular weight is 628 g/mol. The van der Waals surface area contributed by atoms with Gasteiger partial charge in [0.25, 0.3) is 0 Å². The Morgan fingerprint density at radius 3 is 1.47 bits per heavy atom. The quantitative estimate of drug-likeness (QED) is 0.184. The molecule has 0 saturated carbocycles. The minimum atomic E-state index is 0.628. The second kappa shape index (κ2) is 12.1. The largest absolute Gasteiger partial charge is 0.292 e. The first kappa shape index (κ1) is 28.5. The van der Waals surface area contributed by atoms with Crippen LogP contribution in [-0.2, 0) is 0 Å². The molecule has 0 radical (unpaired) electrons. The van der Waals surface area contributed by atoms with E-state index in [4.69, 9.17) is 19.9 Å². The maximum atomic E-state index is 5.09. The van der Waals surface area contributed by atoms with Crippen LogP contribution < -0.4 is 0 Å². The highest BCUT2D eigenvalue weighted by Gasteiger charge is 2.18. The standard InChI is InChI=1S/C44H29N5/c1-4-14-31(15-5-1)41-46-42(32-16-6-2-7-17-32)48-43(47-41)38-29-35-19-11-10-18-34(35)28-37(38)30-24-26-33(27-25-30)44-45-39-22-12-13-23-40(39)49(44)36-20-8-3-9-21-36/h1-29H. The van der Waals surface area contributed by atoms with Crippen molar-refractivity contribution in [3.8, 4) is 62.4 Å². The van der Waals surface area contributed by atoms with E-state index in [1.165, 1.54) is 0 Å². The lowest BCUT2D eigenvalue weighted by molar-refractivity contribution is 1.07. The zero-order valence-corrected chi connectivity index (χ0v) is 26.5. The van der Waals surface area contributed by atoms with Gasteiger partial charge in [-0.3, -0.25) is 4.57 Å². The summed E-state index contributed by atoms with van der Waals surface area (Å²) in [5, 5.41) is 2.27. The third kappa shape index (κ3) is 5.33. The SMILES string of the molecule is c1ccc(-c2nc(-c3ccccc3)nc(-c3cc4ccccc4cc3-c3ccc(-c4nc5ccccc5n4-c4ccccc4)cc3)n2)cc1. The highest BCUT2D eigenvalue weighted by atomic mass is 15.1. The van der Waals surface area contributed by atoms with Crippen LogP contribution in [0.3, 0.4) is 0 Å². The highest BCUT2D eigenvalue weighted by molar-refractivity contribution is 5.96. The minimum Gasteiger partial charge on any atom is -0.292 e. The van der Waals surface area contributed by atoms with Crippen molar-refractivity contribution in [2.75, 3.05) is 0 Å². The van der Waals surface area contributed by atoms with Gasteiger partial charge >= 0.3 is 0 Å². The zero-order valence-electron chi connectivity index (χ0n) is 26.5. The number of hydrogen-bond donors (Lipinski definition) is 0. The molecule has 0 atom stereocenters. The van der Waals surface area contributed by atoms with Gasteiger partial charge < -0.3 is 0 Å². The summed E-state index contributed by atoms with van der Waals surface area (Å²) in [5.41, 5.74) is 9.08. The monoisotopic (exact) mass is 627 g/mol. The lowest BCUT2D eigenvalue weighted by Gasteiger charge is -2.14. The van der Waals surface area contributed by atoms with Crippen LogP contribution in [-0.4, -0.2) is 24.5 Å². The van der Waals surface area contributed by atoms with E-state index in [-0.39, 0.29) is 0 Å². The maximum Gasteiger partial charge on any atom is 0.164 e. The molecule has 0 N–H and O–H groups in total. The average Bonchev–Trinajstić information content (AvgIpc) is 3.58. The Morgan fingerprint density at radius 2 is 0.837 bits per heavy atom. The lowest BCUT2D eigenvalue weighted by atomic mass is 9.94. The van der Waals surface area contributed by atoms with Crippen molar-refractivity contribution in [2.45, 2.75) is 0 Å². The molecule has 0 fully saturated rings. The smallest absolute Gasteiger partial charge is 0.164 e. The number of benzene rings is 7. The molecule has 0 aliphatic heterocycles. The van der Waals surface area contributed by atoms with Gasteiger partial charge in [-0.05, 0) is 58.3 Å². The summed E-state index contributed by atoms with van der Waals surface area (Å²) in [4.78, 5) is 20.2. The maximum absolute atomic E-state index is 5.09. The fourth-order valence-corrected chi connectivity index (χ4v) is 6.45. The van der Waals surface area contributed by atoms with Crippen LogP contribution in [0.4, 0.5) is 0 Å². The Bertz CT molecular complexity index is 2520. The molecule has 5 nitrogen and oxygen atoms in total. The predicted octanol–water partition coefficient (Wildman–Crippen LogP) is 10.7. The van der Waals surface area contributed by atoms with E-state index < -0.39 is 0 Å². The normalized spacial score (nSPS) is 11.3. The van der Waals surface area contributed by atoms with Gasteiger partial charge in [0.15, 0.2) is 17.5 Å². The first-order valence-corrected chi connectivity index (χ1v) is 16.3. The molecule has 0 unspecified atom stereocenters. The molecular formula is C44H29N5. The number of nitrogens with zero attached hydrogens (tertiary/aromatic N) is 5. The van der Waals surface area contributed by atoms with Gasteiger partial charge in [-0.25, -0.2) is 19.9 Å². The van der Waals surface area contributed by atoms with Crippen LogP contribution in [0.25, 0.3) is 84.2 Å². The summed E-state index contributed by atoms with van der Waals surface area (Å²) < 4.78 is 2.23. The molecule has 5 heteroatoms. The zero-order chi connectivity index (χ0) is 32.6. The van der Waals surface area contributed by atoms with Gasteiger partial charge in [0.2, 0.25) is 0 Å². The van der Waals surface area contributed by atoms with Crippen molar-refractivity contribution >= 4 is 21.8 Å². The summed E-state index contributed by atoms with van der Waals surface area (Å²) in [7, 11) is 0. The number of imidazole rings is 1. The topological polar surface area (TPSA) is 56.5 Å². The summed E-state index contributed by atoms with van der Waals surface area (Å²) in [6, 6.07) is 60.4. The molecule has 7 aromatic carbocycles. The first-order valence-electron chi connectivity index (χ1n) is 16.3. The van der Waals surface area contributed by atoms with Gasteiger partial charge in [-0.15, -0.1) is 0 Å². The van der Waals surface area contributed by atoms with Crippen LogP contribution in [0, 0.1) is 0 Å². The lowest BCUT2D eigenvalue weighted by Crippen LogP contribution is -2.01. The van der Waals surface area contributed by atoms with E-state index in [1.54, 1.807) is 0 Å². The summed E-state index contributed by atoms with van der Waals surface area (Å²) in [6.07, 6.45) is 0. The fourth-order valence-electron chi connectivity index (χ4n) is 6.45. The van der Waals surface area contributed by atoms with Gasteiger partial charge in [0.1, 0.15) is 5.82 Å². The van der Waals surface area contributed by atoms with Gasteiger partial charge in [-0.2, -0.15) is 0 Å². The van der Waals surface area contributed by atoms with Gasteiger partial charge in [0.05, 0.1) is 11.0 Å². The molecule has 0 aliphatic rings. The van der Waals surface area contributed by atoms with E-state index in [0.29, 0.717) is 17.5 Å².